The number of nitrogens with zero attached hydrogens (tertiary/aromatic N) is 4. The molecule has 4 saturated heterocycles. The molecular formula is C20H36N4Sr-2. The first-order valence-electron chi connectivity index (χ1n) is 9.64. The normalized spacial score (nSPS) is 41.3. The third kappa shape index (κ3) is 5.66. The van der Waals surface area contributed by atoms with Crippen molar-refractivity contribution in [2.24, 2.45) is 11.8 Å². The molecule has 0 aliphatic carbocycles. The molecule has 0 saturated carbocycles. The SMILES string of the molecule is CC1(C)CC2CC(C)(C)[N-]C2[N-]1.CC1(C)CC2CC(C)(C)[N-]C2[N-]1.[Sr+2]. The van der Waals surface area contributed by atoms with Crippen LogP contribution >= 0.6 is 0 Å². The zero-order chi connectivity index (χ0) is 18.0. The maximum Gasteiger partial charge on any atom is 2.00 e. The van der Waals surface area contributed by atoms with E-state index >= 15 is 0 Å². The van der Waals surface area contributed by atoms with E-state index in [2.05, 4.69) is 55.4 Å². The molecule has 4 fully saturated rings. The summed E-state index contributed by atoms with van der Waals surface area (Å²) >= 11 is 0. The molecule has 4 aliphatic heterocycles. The van der Waals surface area contributed by atoms with Crippen LogP contribution in [-0.2, 0) is 0 Å². The molecule has 4 rings (SSSR count). The topological polar surface area (TPSA) is 56.4 Å². The van der Waals surface area contributed by atoms with E-state index < -0.39 is 0 Å². The molecule has 0 atom stereocenters. The van der Waals surface area contributed by atoms with Gasteiger partial charge >= 0.3 is 45.5 Å². The monoisotopic (exact) mass is 420 g/mol. The molecule has 0 N–H and O–H groups in total. The van der Waals surface area contributed by atoms with Gasteiger partial charge in [-0.1, -0.05) is 92.9 Å². The van der Waals surface area contributed by atoms with Crippen LogP contribution in [0, 0.1) is 11.8 Å². The average molecular weight is 420 g/mol. The molecule has 0 bridgehead atoms. The van der Waals surface area contributed by atoms with Gasteiger partial charge in [0.25, 0.3) is 0 Å². The van der Waals surface area contributed by atoms with Crippen LogP contribution in [0.15, 0.2) is 0 Å². The second-order valence-electron chi connectivity index (χ2n) is 10.9. The third-order valence-corrected chi connectivity index (χ3v) is 5.82. The quantitative estimate of drug-likeness (QED) is 0.452. The third-order valence-electron chi connectivity index (χ3n) is 5.82. The Morgan fingerprint density at radius 2 is 0.680 bits per heavy atom. The Morgan fingerprint density at radius 1 is 0.480 bits per heavy atom. The molecule has 25 heavy (non-hydrogen) atoms. The van der Waals surface area contributed by atoms with Gasteiger partial charge in [0.05, 0.1) is 0 Å². The van der Waals surface area contributed by atoms with Gasteiger partial charge in [0, 0.05) is 0 Å². The van der Waals surface area contributed by atoms with Crippen molar-refractivity contribution in [3.8, 4) is 0 Å². The van der Waals surface area contributed by atoms with E-state index in [9.17, 15) is 0 Å². The molecule has 0 radical (unpaired) electrons. The van der Waals surface area contributed by atoms with E-state index in [1.807, 2.05) is 0 Å². The van der Waals surface area contributed by atoms with Gasteiger partial charge in [-0.15, -0.1) is 22.2 Å². The molecule has 140 valence electrons. The first-order valence-corrected chi connectivity index (χ1v) is 9.64. The number of hydrogen-bond acceptors (Lipinski definition) is 0. The minimum atomic E-state index is 0. The van der Waals surface area contributed by atoms with Crippen molar-refractivity contribution in [3.63, 3.8) is 0 Å². The maximum absolute atomic E-state index is 4.71. The van der Waals surface area contributed by atoms with Gasteiger partial charge in [0.15, 0.2) is 0 Å². The summed E-state index contributed by atoms with van der Waals surface area (Å²) in [7, 11) is 0. The van der Waals surface area contributed by atoms with Crippen LogP contribution in [0.4, 0.5) is 0 Å². The predicted molar refractivity (Wildman–Crippen MR) is 109 cm³/mol. The van der Waals surface area contributed by atoms with Gasteiger partial charge in [0.1, 0.15) is 0 Å². The number of hydrogen-bond donors (Lipinski definition) is 0. The molecule has 5 heteroatoms. The van der Waals surface area contributed by atoms with Crippen LogP contribution in [-0.4, -0.2) is 80.0 Å². The standard InChI is InChI=1S/2C10H18N2.Sr/c2*1-9(2)5-7-6-10(3,4)12-8(7)11-9;/h2*7-8H,5-6H2,1-4H3;/q2*-2;+2. The van der Waals surface area contributed by atoms with Gasteiger partial charge in [-0.3, -0.25) is 0 Å². The Kier molecular flexibility index (Phi) is 6.59. The summed E-state index contributed by atoms with van der Waals surface area (Å²) in [6.07, 6.45) is 5.54. The van der Waals surface area contributed by atoms with E-state index in [1.165, 1.54) is 25.7 Å². The molecule has 0 aromatic carbocycles. The maximum atomic E-state index is 4.71. The Balaban J connectivity index is 0.000000173. The van der Waals surface area contributed by atoms with Crippen LogP contribution in [0.2, 0.25) is 0 Å². The summed E-state index contributed by atoms with van der Waals surface area (Å²) in [5.74, 6) is 1.46. The molecule has 0 aromatic heterocycles. The molecule has 0 amide bonds. The van der Waals surface area contributed by atoms with Crippen LogP contribution in [0.25, 0.3) is 21.3 Å². The first kappa shape index (κ1) is 22.6. The zero-order valence-electron chi connectivity index (χ0n) is 17.6. The van der Waals surface area contributed by atoms with Crippen LogP contribution in [0.5, 0.6) is 0 Å². The number of fused-ring (bicyclic) bond motifs is 2. The minimum Gasteiger partial charge on any atom is -0.673 e. The van der Waals surface area contributed by atoms with Gasteiger partial charge in [-0.25, -0.2) is 12.3 Å². The van der Waals surface area contributed by atoms with E-state index in [0.717, 1.165) is 11.8 Å². The fourth-order valence-corrected chi connectivity index (χ4v) is 5.25. The summed E-state index contributed by atoms with van der Waals surface area (Å²) in [6.45, 7) is 17.7. The Labute approximate surface area is 192 Å². The Hall–Kier alpha value is 1.32. The van der Waals surface area contributed by atoms with Gasteiger partial charge < -0.3 is 21.3 Å². The van der Waals surface area contributed by atoms with Crippen molar-refractivity contribution in [2.45, 2.75) is 116 Å². The van der Waals surface area contributed by atoms with Gasteiger partial charge in [-0.2, -0.15) is 0 Å². The van der Waals surface area contributed by atoms with Gasteiger partial charge in [-0.05, 0) is 0 Å². The van der Waals surface area contributed by atoms with E-state index in [-0.39, 0.29) is 67.6 Å². The minimum absolute atomic E-state index is 0. The second kappa shape index (κ2) is 7.29. The summed E-state index contributed by atoms with van der Waals surface area (Å²) < 4.78 is 0. The van der Waals surface area contributed by atoms with Crippen LogP contribution in [0.3, 0.4) is 0 Å². The molecule has 4 nitrogen and oxygen atoms in total. The first-order chi connectivity index (χ1) is 10.8. The summed E-state index contributed by atoms with van der Waals surface area (Å²) in [4.78, 5) is 0. The van der Waals surface area contributed by atoms with E-state index in [1.54, 1.807) is 0 Å². The van der Waals surface area contributed by atoms with E-state index in [0.29, 0.717) is 12.3 Å². The largest absolute Gasteiger partial charge is 2.00 e. The van der Waals surface area contributed by atoms with Crippen molar-refractivity contribution >= 4 is 45.5 Å². The Bertz CT molecular complexity index is 366. The van der Waals surface area contributed by atoms with Crippen molar-refractivity contribution in [1.29, 1.82) is 0 Å². The van der Waals surface area contributed by atoms with Crippen LogP contribution < -0.4 is 0 Å². The summed E-state index contributed by atoms with van der Waals surface area (Å²) in [5, 5.41) is 18.8. The molecule has 0 unspecified atom stereocenters. The summed E-state index contributed by atoms with van der Waals surface area (Å²) in [6, 6.07) is 0. The van der Waals surface area contributed by atoms with Crippen LogP contribution in [0.1, 0.15) is 81.1 Å². The van der Waals surface area contributed by atoms with Gasteiger partial charge in [0.2, 0.25) is 0 Å². The number of rotatable bonds is 0. The summed E-state index contributed by atoms with van der Waals surface area (Å²) in [5.41, 5.74) is 0.759. The second-order valence-corrected chi connectivity index (χ2v) is 10.9. The molecule has 0 aromatic rings. The molecule has 4 heterocycles. The zero-order valence-corrected chi connectivity index (χ0v) is 21.1. The van der Waals surface area contributed by atoms with E-state index in [4.69, 9.17) is 21.3 Å². The molecule has 0 spiro atoms. The molecule has 4 aliphatic rings. The Morgan fingerprint density at radius 3 is 0.840 bits per heavy atom. The van der Waals surface area contributed by atoms with Crippen molar-refractivity contribution < 1.29 is 0 Å². The van der Waals surface area contributed by atoms with Crippen molar-refractivity contribution in [2.75, 3.05) is 0 Å². The van der Waals surface area contributed by atoms with Crippen molar-refractivity contribution in [1.82, 2.24) is 0 Å². The predicted octanol–water partition coefficient (Wildman–Crippen LogP) is 5.70. The fourth-order valence-electron chi connectivity index (χ4n) is 5.25. The fraction of sp³-hybridized carbons (Fsp3) is 1.00. The molecular weight excluding hydrogens is 384 g/mol. The van der Waals surface area contributed by atoms with Crippen molar-refractivity contribution in [3.05, 3.63) is 21.3 Å². The average Bonchev–Trinajstić information content (AvgIpc) is 2.89. The smallest absolute Gasteiger partial charge is 0.673 e.